The average Bonchev–Trinajstić information content (AvgIpc) is 2.64. The maximum atomic E-state index is 5.64. The van der Waals surface area contributed by atoms with Crippen LogP contribution in [0.2, 0.25) is 0 Å². The van der Waals surface area contributed by atoms with Gasteiger partial charge in [0.2, 0.25) is 0 Å². The molecule has 1 aromatic heterocycles. The van der Waals surface area contributed by atoms with Crippen LogP contribution in [0.4, 0.5) is 0 Å². The van der Waals surface area contributed by atoms with Gasteiger partial charge in [0.25, 0.3) is 0 Å². The SMILES string of the molecule is [B]N(CC)CCCCc1cc[c-]o1.[Y]. The van der Waals surface area contributed by atoms with Crippen LogP contribution in [0.15, 0.2) is 16.5 Å². The summed E-state index contributed by atoms with van der Waals surface area (Å²) in [4.78, 5) is 1.83. The quantitative estimate of drug-likeness (QED) is 0.443. The summed E-state index contributed by atoms with van der Waals surface area (Å²) in [5.41, 5.74) is 0. The van der Waals surface area contributed by atoms with Gasteiger partial charge in [0, 0.05) is 32.7 Å². The molecule has 4 heteroatoms. The van der Waals surface area contributed by atoms with Gasteiger partial charge in [-0.15, -0.1) is 6.07 Å². The van der Waals surface area contributed by atoms with E-state index in [2.05, 4.69) is 13.2 Å². The molecule has 0 aliphatic carbocycles. The summed E-state index contributed by atoms with van der Waals surface area (Å²) in [5, 5.41) is 0. The Morgan fingerprint density at radius 2 is 2.29 bits per heavy atom. The van der Waals surface area contributed by atoms with Crippen molar-refractivity contribution in [2.45, 2.75) is 26.2 Å². The second kappa shape index (κ2) is 8.70. The van der Waals surface area contributed by atoms with Crippen molar-refractivity contribution in [3.05, 3.63) is 24.2 Å². The molecule has 0 saturated carbocycles. The number of hydrogen-bond donors (Lipinski definition) is 0. The van der Waals surface area contributed by atoms with E-state index in [0.717, 1.165) is 38.1 Å². The fraction of sp³-hybridized carbons (Fsp3) is 0.600. The van der Waals surface area contributed by atoms with Crippen LogP contribution in [0, 0.1) is 6.26 Å². The number of unbranched alkanes of at least 4 members (excludes halogenated alkanes) is 1. The Kier molecular flexibility index (Phi) is 8.95. The van der Waals surface area contributed by atoms with Gasteiger partial charge in [-0.1, -0.05) is 25.5 Å². The Labute approximate surface area is 113 Å². The maximum Gasteiger partial charge on any atom is 0.182 e. The van der Waals surface area contributed by atoms with Gasteiger partial charge in [-0.25, -0.2) is 0 Å². The van der Waals surface area contributed by atoms with Crippen molar-refractivity contribution in [3.63, 3.8) is 0 Å². The van der Waals surface area contributed by atoms with Crippen LogP contribution in [0.5, 0.6) is 0 Å². The monoisotopic (exact) mass is 265 g/mol. The van der Waals surface area contributed by atoms with Crippen molar-refractivity contribution >= 4 is 7.98 Å². The molecular weight excluding hydrogens is 250 g/mol. The van der Waals surface area contributed by atoms with E-state index >= 15 is 0 Å². The summed E-state index contributed by atoms with van der Waals surface area (Å²) < 4.78 is 5.10. The van der Waals surface area contributed by atoms with Gasteiger partial charge in [-0.2, -0.15) is 6.07 Å². The molecule has 0 unspecified atom stereocenters. The van der Waals surface area contributed by atoms with Crippen LogP contribution >= 0.6 is 0 Å². The molecule has 0 aromatic carbocycles. The zero-order chi connectivity index (χ0) is 9.52. The molecule has 14 heavy (non-hydrogen) atoms. The molecule has 0 aliphatic rings. The fourth-order valence-corrected chi connectivity index (χ4v) is 1.18. The minimum Gasteiger partial charge on any atom is -0.596 e. The predicted octanol–water partition coefficient (Wildman–Crippen LogP) is 1.81. The van der Waals surface area contributed by atoms with Crippen molar-refractivity contribution in [1.29, 1.82) is 0 Å². The van der Waals surface area contributed by atoms with E-state index in [0.29, 0.717) is 0 Å². The van der Waals surface area contributed by atoms with Gasteiger partial charge in [0.05, 0.1) is 0 Å². The van der Waals surface area contributed by atoms with Crippen molar-refractivity contribution in [2.75, 3.05) is 13.1 Å². The van der Waals surface area contributed by atoms with Crippen LogP contribution in [0.1, 0.15) is 25.5 Å². The zero-order valence-electron chi connectivity index (χ0n) is 8.70. The number of hydrogen-bond acceptors (Lipinski definition) is 2. The zero-order valence-corrected chi connectivity index (χ0v) is 11.5. The van der Waals surface area contributed by atoms with E-state index in [1.165, 1.54) is 0 Å². The molecule has 73 valence electrons. The van der Waals surface area contributed by atoms with Crippen molar-refractivity contribution in [3.8, 4) is 0 Å². The topological polar surface area (TPSA) is 16.4 Å². The average molecular weight is 265 g/mol. The van der Waals surface area contributed by atoms with Crippen molar-refractivity contribution < 1.29 is 37.1 Å². The first-order valence-corrected chi connectivity index (χ1v) is 4.77. The molecule has 1 aromatic rings. The van der Waals surface area contributed by atoms with Crippen LogP contribution in [-0.2, 0) is 39.1 Å². The number of rotatable bonds is 6. The molecular formula is C10H15BNOY-. The van der Waals surface area contributed by atoms with Gasteiger partial charge < -0.3 is 9.23 Å². The van der Waals surface area contributed by atoms with E-state index in [-0.39, 0.29) is 32.7 Å². The fourth-order valence-electron chi connectivity index (χ4n) is 1.18. The van der Waals surface area contributed by atoms with Gasteiger partial charge in [0.1, 0.15) is 0 Å². The van der Waals surface area contributed by atoms with Crippen LogP contribution in [-0.4, -0.2) is 25.9 Å². The Hall–Kier alpha value is 0.409. The summed E-state index contributed by atoms with van der Waals surface area (Å²) in [5.74, 6) is 1.01. The molecule has 2 nitrogen and oxygen atoms in total. The third kappa shape index (κ3) is 6.00. The summed E-state index contributed by atoms with van der Waals surface area (Å²) in [6.45, 7) is 3.93. The summed E-state index contributed by atoms with van der Waals surface area (Å²) in [7, 11) is 5.64. The molecule has 0 spiro atoms. The Balaban J connectivity index is 0.00000169. The van der Waals surface area contributed by atoms with Crippen LogP contribution < -0.4 is 0 Å². The Morgan fingerprint density at radius 1 is 1.50 bits per heavy atom. The first kappa shape index (κ1) is 14.4. The molecule has 3 radical (unpaired) electrons. The molecule has 0 bridgehead atoms. The molecule has 0 fully saturated rings. The molecule has 1 rings (SSSR count). The predicted molar refractivity (Wildman–Crippen MR) is 53.5 cm³/mol. The normalized spacial score (nSPS) is 10.1. The van der Waals surface area contributed by atoms with E-state index < -0.39 is 0 Å². The van der Waals surface area contributed by atoms with Crippen molar-refractivity contribution in [2.24, 2.45) is 0 Å². The molecule has 0 atom stereocenters. The van der Waals surface area contributed by atoms with E-state index in [1.807, 2.05) is 10.9 Å². The summed E-state index contributed by atoms with van der Waals surface area (Å²) in [6, 6.07) is 3.76. The largest absolute Gasteiger partial charge is 0.596 e. The third-order valence-corrected chi connectivity index (χ3v) is 2.05. The van der Waals surface area contributed by atoms with Crippen LogP contribution in [0.25, 0.3) is 0 Å². The smallest absolute Gasteiger partial charge is 0.182 e. The Bertz CT molecular complexity index is 216. The molecule has 0 N–H and O–H groups in total. The second-order valence-electron chi connectivity index (χ2n) is 3.11. The second-order valence-corrected chi connectivity index (χ2v) is 3.11. The van der Waals surface area contributed by atoms with E-state index in [4.69, 9.17) is 12.4 Å². The number of furan rings is 1. The van der Waals surface area contributed by atoms with Crippen molar-refractivity contribution in [1.82, 2.24) is 4.81 Å². The third-order valence-electron chi connectivity index (χ3n) is 2.05. The summed E-state index contributed by atoms with van der Waals surface area (Å²) in [6.07, 6.45) is 5.90. The van der Waals surface area contributed by atoms with Gasteiger partial charge in [-0.3, -0.25) is 0 Å². The molecule has 1 heterocycles. The molecule has 0 aliphatic heterocycles. The Morgan fingerprint density at radius 3 is 2.86 bits per heavy atom. The molecule has 0 amide bonds. The minimum atomic E-state index is 0. The number of nitrogens with zero attached hydrogens (tertiary/aromatic N) is 1. The maximum absolute atomic E-state index is 5.64. The first-order valence-electron chi connectivity index (χ1n) is 4.77. The number of aryl methyl sites for hydroxylation is 1. The van der Waals surface area contributed by atoms with Gasteiger partial charge in [-0.05, 0) is 25.8 Å². The van der Waals surface area contributed by atoms with E-state index in [9.17, 15) is 0 Å². The van der Waals surface area contributed by atoms with Crippen LogP contribution in [0.3, 0.4) is 0 Å². The van der Waals surface area contributed by atoms with Gasteiger partial charge >= 0.3 is 0 Å². The minimum absolute atomic E-state index is 0. The first-order chi connectivity index (χ1) is 6.33. The molecule has 0 saturated heterocycles. The van der Waals surface area contributed by atoms with Gasteiger partial charge in [0.15, 0.2) is 7.98 Å². The van der Waals surface area contributed by atoms with E-state index in [1.54, 1.807) is 6.07 Å². The standard InChI is InChI=1S/C10H15BNO.Y/c1-2-12(11)8-4-3-6-10-7-5-9-13-10;/h5,7H,2-4,6,8H2,1H3;/q-1;. The summed E-state index contributed by atoms with van der Waals surface area (Å²) >= 11 is 0.